The van der Waals surface area contributed by atoms with Gasteiger partial charge < -0.3 is 9.90 Å². The lowest BCUT2D eigenvalue weighted by molar-refractivity contribution is -0.308. The van der Waals surface area contributed by atoms with Crippen LogP contribution in [0.15, 0.2) is 0 Å². The van der Waals surface area contributed by atoms with Gasteiger partial charge in [0.2, 0.25) is 0 Å². The van der Waals surface area contributed by atoms with Crippen LogP contribution in [0.1, 0.15) is 26.2 Å². The van der Waals surface area contributed by atoms with Crippen LogP contribution in [0.5, 0.6) is 0 Å². The largest absolute Gasteiger partial charge is 0.550 e. The molecule has 2 aliphatic rings. The molecule has 0 aromatic rings. The van der Waals surface area contributed by atoms with E-state index in [0.717, 1.165) is 6.42 Å². The summed E-state index contributed by atoms with van der Waals surface area (Å²) in [4.78, 5) is 10.4. The molecule has 0 aliphatic heterocycles. The lowest BCUT2D eigenvalue weighted by Gasteiger charge is -2.08. The van der Waals surface area contributed by atoms with Crippen molar-refractivity contribution in [2.24, 2.45) is 17.3 Å². The number of aliphatic carboxylic acids is 1. The molecule has 0 aromatic heterocycles. The molecule has 0 radical (unpaired) electrons. The topological polar surface area (TPSA) is 40.1 Å². The zero-order valence-corrected chi connectivity index (χ0v) is 6.09. The molecule has 2 fully saturated rings. The van der Waals surface area contributed by atoms with Gasteiger partial charge in [0.1, 0.15) is 0 Å². The van der Waals surface area contributed by atoms with Crippen molar-refractivity contribution in [2.75, 3.05) is 0 Å². The van der Waals surface area contributed by atoms with Crippen molar-refractivity contribution in [2.45, 2.75) is 26.2 Å². The van der Waals surface area contributed by atoms with Crippen molar-refractivity contribution in [1.82, 2.24) is 0 Å². The number of hydrogen-bond acceptors (Lipinski definition) is 2. The highest BCUT2D eigenvalue weighted by Crippen LogP contribution is 2.64. The quantitative estimate of drug-likeness (QED) is 0.547. The van der Waals surface area contributed by atoms with Gasteiger partial charge in [-0.3, -0.25) is 0 Å². The highest BCUT2D eigenvalue weighted by Gasteiger charge is 2.58. The van der Waals surface area contributed by atoms with Crippen LogP contribution in [-0.4, -0.2) is 5.97 Å². The van der Waals surface area contributed by atoms with E-state index < -0.39 is 5.97 Å². The van der Waals surface area contributed by atoms with E-state index in [9.17, 15) is 9.90 Å². The maximum atomic E-state index is 10.4. The summed E-state index contributed by atoms with van der Waals surface area (Å²) < 4.78 is 0. The Balaban J connectivity index is 2.02. The molecule has 10 heavy (non-hydrogen) atoms. The first-order valence-electron chi connectivity index (χ1n) is 3.85. The van der Waals surface area contributed by atoms with E-state index in [1.165, 1.54) is 12.8 Å². The van der Waals surface area contributed by atoms with Crippen LogP contribution in [0.4, 0.5) is 0 Å². The van der Waals surface area contributed by atoms with Gasteiger partial charge in [0.15, 0.2) is 0 Å². The Kier molecular flexibility index (Phi) is 0.960. The van der Waals surface area contributed by atoms with E-state index in [2.05, 4.69) is 6.92 Å². The van der Waals surface area contributed by atoms with Crippen LogP contribution < -0.4 is 5.11 Å². The predicted octanol–water partition coefficient (Wildman–Crippen LogP) is 0.172. The van der Waals surface area contributed by atoms with Crippen molar-refractivity contribution in [1.29, 1.82) is 0 Å². The van der Waals surface area contributed by atoms with E-state index in [-0.39, 0.29) is 11.3 Å². The highest BCUT2D eigenvalue weighted by molar-refractivity contribution is 5.72. The smallest absolute Gasteiger partial charge is 0.0451 e. The molecule has 2 heteroatoms. The van der Waals surface area contributed by atoms with Gasteiger partial charge in [-0.25, -0.2) is 0 Å². The van der Waals surface area contributed by atoms with Gasteiger partial charge in [-0.05, 0) is 30.6 Å². The molecule has 56 valence electrons. The Hall–Kier alpha value is -0.530. The third-order valence-corrected chi connectivity index (χ3v) is 3.07. The number of rotatable bonds is 2. The van der Waals surface area contributed by atoms with Crippen LogP contribution in [0.2, 0.25) is 0 Å². The molecule has 0 bridgehead atoms. The fourth-order valence-corrected chi connectivity index (χ4v) is 1.93. The average molecular weight is 139 g/mol. The van der Waals surface area contributed by atoms with Gasteiger partial charge in [0, 0.05) is 11.9 Å². The van der Waals surface area contributed by atoms with Crippen LogP contribution in [0.3, 0.4) is 0 Å². The summed E-state index contributed by atoms with van der Waals surface area (Å²) in [6, 6.07) is 0. The lowest BCUT2D eigenvalue weighted by atomic mass is 10.0. The first-order chi connectivity index (χ1) is 4.64. The second-order valence-electron chi connectivity index (χ2n) is 3.86. The van der Waals surface area contributed by atoms with Gasteiger partial charge in [-0.15, -0.1) is 0 Å². The molecule has 0 heterocycles. The minimum absolute atomic E-state index is 0.125. The Labute approximate surface area is 60.2 Å². The molecular formula is C8H11O2-. The molecular weight excluding hydrogens is 128 g/mol. The summed E-state index contributed by atoms with van der Waals surface area (Å²) in [6.45, 7) is 2.07. The number of carbonyl (C=O) groups is 1. The molecule has 2 saturated carbocycles. The first kappa shape index (κ1) is 6.20. The first-order valence-corrected chi connectivity index (χ1v) is 3.85. The van der Waals surface area contributed by atoms with E-state index in [1.807, 2.05) is 0 Å². The maximum Gasteiger partial charge on any atom is 0.0451 e. The second-order valence-corrected chi connectivity index (χ2v) is 3.86. The maximum absolute atomic E-state index is 10.4. The highest BCUT2D eigenvalue weighted by atomic mass is 16.4. The van der Waals surface area contributed by atoms with Gasteiger partial charge in [-0.2, -0.15) is 0 Å². The monoisotopic (exact) mass is 139 g/mol. The van der Waals surface area contributed by atoms with Crippen LogP contribution >= 0.6 is 0 Å². The Morgan fingerprint density at radius 3 is 2.50 bits per heavy atom. The van der Waals surface area contributed by atoms with E-state index in [1.54, 1.807) is 0 Å². The van der Waals surface area contributed by atoms with Gasteiger partial charge in [0.05, 0.1) is 0 Å². The zero-order chi connectivity index (χ0) is 7.35. The Morgan fingerprint density at radius 2 is 2.20 bits per heavy atom. The molecule has 2 aliphatic carbocycles. The Morgan fingerprint density at radius 1 is 1.60 bits per heavy atom. The zero-order valence-electron chi connectivity index (χ0n) is 6.09. The van der Waals surface area contributed by atoms with Crippen molar-refractivity contribution in [3.8, 4) is 0 Å². The van der Waals surface area contributed by atoms with Crippen molar-refractivity contribution >= 4 is 5.97 Å². The predicted molar refractivity (Wildman–Crippen MR) is 33.9 cm³/mol. The SMILES string of the molecule is C[C@]1(C2CC2)C[C@@H]1C(=O)[O-]. The average Bonchev–Trinajstić information content (AvgIpc) is 2.49. The molecule has 0 spiro atoms. The molecule has 0 aromatic carbocycles. The number of carbonyl (C=O) groups excluding carboxylic acids is 1. The van der Waals surface area contributed by atoms with Crippen LogP contribution in [0.25, 0.3) is 0 Å². The minimum atomic E-state index is -0.839. The normalized spacial score (nSPS) is 45.1. The molecule has 0 unspecified atom stereocenters. The van der Waals surface area contributed by atoms with Crippen molar-refractivity contribution in [3.63, 3.8) is 0 Å². The lowest BCUT2D eigenvalue weighted by Crippen LogP contribution is -2.27. The molecule has 2 rings (SSSR count). The molecule has 0 amide bonds. The van der Waals surface area contributed by atoms with Gasteiger partial charge in [0.25, 0.3) is 0 Å². The van der Waals surface area contributed by atoms with Crippen LogP contribution in [0, 0.1) is 17.3 Å². The standard InChI is InChI=1S/C8H12O2/c1-8(5-2-3-5)4-6(8)7(9)10/h5-6H,2-4H2,1H3,(H,9,10)/p-1/t6-,8-/m1/s1. The van der Waals surface area contributed by atoms with E-state index in [4.69, 9.17) is 0 Å². The Bertz CT molecular complexity index is 184. The molecule has 2 nitrogen and oxygen atoms in total. The summed E-state index contributed by atoms with van der Waals surface area (Å²) in [5, 5.41) is 10.4. The van der Waals surface area contributed by atoms with Crippen LogP contribution in [-0.2, 0) is 4.79 Å². The summed E-state index contributed by atoms with van der Waals surface area (Å²) in [5.74, 6) is -0.259. The number of carboxylic acids is 1. The molecule has 2 atom stereocenters. The summed E-state index contributed by atoms with van der Waals surface area (Å²) >= 11 is 0. The van der Waals surface area contributed by atoms with Gasteiger partial charge >= 0.3 is 0 Å². The molecule has 0 N–H and O–H groups in total. The number of carboxylic acid groups (broad SMARTS) is 1. The van der Waals surface area contributed by atoms with E-state index in [0.29, 0.717) is 5.92 Å². The summed E-state index contributed by atoms with van der Waals surface area (Å²) in [5.41, 5.74) is 0.138. The summed E-state index contributed by atoms with van der Waals surface area (Å²) in [6.07, 6.45) is 3.33. The minimum Gasteiger partial charge on any atom is -0.550 e. The fourth-order valence-electron chi connectivity index (χ4n) is 1.93. The van der Waals surface area contributed by atoms with E-state index >= 15 is 0 Å². The fraction of sp³-hybridized carbons (Fsp3) is 0.875. The summed E-state index contributed by atoms with van der Waals surface area (Å²) in [7, 11) is 0. The van der Waals surface area contributed by atoms with Gasteiger partial charge in [-0.1, -0.05) is 6.92 Å². The second kappa shape index (κ2) is 1.55. The van der Waals surface area contributed by atoms with Crippen molar-refractivity contribution < 1.29 is 9.90 Å². The third-order valence-electron chi connectivity index (χ3n) is 3.07. The van der Waals surface area contributed by atoms with Crippen molar-refractivity contribution in [3.05, 3.63) is 0 Å². The molecule has 0 saturated heterocycles. The number of hydrogen-bond donors (Lipinski definition) is 0. The third kappa shape index (κ3) is 0.678.